The van der Waals surface area contributed by atoms with Crippen LogP contribution in [-0.2, 0) is 4.74 Å². The van der Waals surface area contributed by atoms with E-state index >= 15 is 0 Å². The molecule has 0 aliphatic rings. The average Bonchev–Trinajstić information content (AvgIpc) is 2.38. The van der Waals surface area contributed by atoms with Crippen LogP contribution in [0.4, 0.5) is 5.82 Å². The van der Waals surface area contributed by atoms with Crippen LogP contribution in [0.3, 0.4) is 0 Å². The molecule has 0 saturated carbocycles. The van der Waals surface area contributed by atoms with Crippen molar-refractivity contribution in [3.05, 3.63) is 18.1 Å². The van der Waals surface area contributed by atoms with Crippen molar-refractivity contribution in [3.8, 4) is 0 Å². The van der Waals surface area contributed by atoms with E-state index in [1.807, 2.05) is 0 Å². The zero-order valence-corrected chi connectivity index (χ0v) is 10.2. The van der Waals surface area contributed by atoms with Crippen LogP contribution in [0, 0.1) is 0 Å². The molecule has 6 heteroatoms. The summed E-state index contributed by atoms with van der Waals surface area (Å²) < 4.78 is 4.53. The number of ether oxygens (including phenoxy) is 1. The third kappa shape index (κ3) is 4.78. The molecule has 0 bridgehead atoms. The van der Waals surface area contributed by atoms with Gasteiger partial charge >= 0.3 is 5.97 Å². The lowest BCUT2D eigenvalue weighted by atomic mass is 10.4. The molecule has 1 rings (SSSR count). The SMILES string of the molecule is CCNCCCNc1cnc(C(=O)OC)cn1. The molecule has 0 aromatic carbocycles. The predicted molar refractivity (Wildman–Crippen MR) is 65.0 cm³/mol. The van der Waals surface area contributed by atoms with Crippen molar-refractivity contribution in [3.63, 3.8) is 0 Å². The quantitative estimate of drug-likeness (QED) is 0.537. The second-order valence-electron chi connectivity index (χ2n) is 3.41. The molecule has 0 fully saturated rings. The van der Waals surface area contributed by atoms with Crippen LogP contribution in [0.2, 0.25) is 0 Å². The minimum atomic E-state index is -0.476. The van der Waals surface area contributed by atoms with Gasteiger partial charge in [0.05, 0.1) is 19.5 Å². The molecule has 1 heterocycles. The van der Waals surface area contributed by atoms with Gasteiger partial charge in [-0.2, -0.15) is 0 Å². The number of methoxy groups -OCH3 is 1. The molecule has 0 aliphatic carbocycles. The summed E-state index contributed by atoms with van der Waals surface area (Å²) in [5.41, 5.74) is 0.214. The molecule has 17 heavy (non-hydrogen) atoms. The Balaban J connectivity index is 2.33. The Morgan fingerprint density at radius 3 is 2.76 bits per heavy atom. The van der Waals surface area contributed by atoms with Crippen molar-refractivity contribution in [2.45, 2.75) is 13.3 Å². The Morgan fingerprint density at radius 2 is 2.18 bits per heavy atom. The first kappa shape index (κ1) is 13.4. The Kier molecular flexibility index (Phi) is 5.95. The predicted octanol–water partition coefficient (Wildman–Crippen LogP) is 0.675. The number of anilines is 1. The van der Waals surface area contributed by atoms with Crippen LogP contribution in [0.5, 0.6) is 0 Å². The summed E-state index contributed by atoms with van der Waals surface area (Å²) >= 11 is 0. The fourth-order valence-electron chi connectivity index (χ4n) is 1.24. The average molecular weight is 238 g/mol. The maximum absolute atomic E-state index is 11.1. The number of esters is 1. The number of hydrogen-bond acceptors (Lipinski definition) is 6. The third-order valence-corrected chi connectivity index (χ3v) is 2.13. The van der Waals surface area contributed by atoms with Crippen molar-refractivity contribution in [2.75, 3.05) is 32.1 Å². The lowest BCUT2D eigenvalue weighted by molar-refractivity contribution is 0.0593. The third-order valence-electron chi connectivity index (χ3n) is 2.13. The monoisotopic (exact) mass is 238 g/mol. The van der Waals surface area contributed by atoms with Gasteiger partial charge in [0.2, 0.25) is 0 Å². The molecule has 0 spiro atoms. The summed E-state index contributed by atoms with van der Waals surface area (Å²) in [6.07, 6.45) is 3.94. The maximum Gasteiger partial charge on any atom is 0.358 e. The number of carbonyl (C=O) groups excluding carboxylic acids is 1. The van der Waals surface area contributed by atoms with E-state index in [0.29, 0.717) is 5.82 Å². The Morgan fingerprint density at radius 1 is 1.35 bits per heavy atom. The number of carbonyl (C=O) groups is 1. The van der Waals surface area contributed by atoms with Crippen LogP contribution >= 0.6 is 0 Å². The summed E-state index contributed by atoms with van der Waals surface area (Å²) in [4.78, 5) is 19.1. The van der Waals surface area contributed by atoms with Gasteiger partial charge in [-0.25, -0.2) is 14.8 Å². The van der Waals surface area contributed by atoms with Gasteiger partial charge in [-0.15, -0.1) is 0 Å². The summed E-state index contributed by atoms with van der Waals surface area (Å²) in [6, 6.07) is 0. The molecule has 6 nitrogen and oxygen atoms in total. The summed E-state index contributed by atoms with van der Waals surface area (Å²) in [5.74, 6) is 0.186. The van der Waals surface area contributed by atoms with Gasteiger partial charge in [-0.05, 0) is 19.5 Å². The molecule has 1 aromatic heterocycles. The Labute approximate surface area is 101 Å². The fraction of sp³-hybridized carbons (Fsp3) is 0.545. The van der Waals surface area contributed by atoms with Crippen molar-refractivity contribution in [2.24, 2.45) is 0 Å². The molecular weight excluding hydrogens is 220 g/mol. The topological polar surface area (TPSA) is 76.1 Å². The standard InChI is InChI=1S/C11H18N4O2/c1-3-12-5-4-6-13-10-8-14-9(7-15-10)11(16)17-2/h7-8,12H,3-6H2,1-2H3,(H,13,15). The summed E-state index contributed by atoms with van der Waals surface area (Å²) in [6.45, 7) is 4.84. The molecule has 0 aliphatic heterocycles. The summed E-state index contributed by atoms with van der Waals surface area (Å²) in [5, 5.41) is 6.35. The first-order chi connectivity index (χ1) is 8.27. The number of aromatic nitrogens is 2. The van der Waals surface area contributed by atoms with Gasteiger partial charge in [0.1, 0.15) is 5.82 Å². The molecule has 0 amide bonds. The van der Waals surface area contributed by atoms with E-state index in [2.05, 4.69) is 32.3 Å². The fourth-order valence-corrected chi connectivity index (χ4v) is 1.24. The largest absolute Gasteiger partial charge is 0.464 e. The van der Waals surface area contributed by atoms with Gasteiger partial charge in [0.15, 0.2) is 5.69 Å². The van der Waals surface area contributed by atoms with Crippen LogP contribution in [0.25, 0.3) is 0 Å². The van der Waals surface area contributed by atoms with Crippen molar-refractivity contribution >= 4 is 11.8 Å². The van der Waals surface area contributed by atoms with E-state index in [1.54, 1.807) is 0 Å². The van der Waals surface area contributed by atoms with E-state index in [0.717, 1.165) is 26.1 Å². The first-order valence-corrected chi connectivity index (χ1v) is 5.63. The van der Waals surface area contributed by atoms with E-state index < -0.39 is 5.97 Å². The molecule has 2 N–H and O–H groups in total. The van der Waals surface area contributed by atoms with E-state index in [9.17, 15) is 4.79 Å². The molecular formula is C11H18N4O2. The smallest absolute Gasteiger partial charge is 0.358 e. The van der Waals surface area contributed by atoms with Crippen LogP contribution in [0.15, 0.2) is 12.4 Å². The number of nitrogens with zero attached hydrogens (tertiary/aromatic N) is 2. The highest BCUT2D eigenvalue weighted by Crippen LogP contribution is 2.01. The van der Waals surface area contributed by atoms with Crippen LogP contribution in [-0.4, -0.2) is 42.7 Å². The zero-order valence-electron chi connectivity index (χ0n) is 10.2. The molecule has 0 saturated heterocycles. The van der Waals surface area contributed by atoms with Gasteiger partial charge in [-0.3, -0.25) is 0 Å². The van der Waals surface area contributed by atoms with Gasteiger partial charge in [0, 0.05) is 6.54 Å². The normalized spacial score (nSPS) is 10.0. The second-order valence-corrected chi connectivity index (χ2v) is 3.41. The van der Waals surface area contributed by atoms with E-state index in [4.69, 9.17) is 0 Å². The molecule has 94 valence electrons. The highest BCUT2D eigenvalue weighted by molar-refractivity contribution is 5.86. The lowest BCUT2D eigenvalue weighted by Gasteiger charge is -2.05. The number of hydrogen-bond donors (Lipinski definition) is 2. The summed E-state index contributed by atoms with van der Waals surface area (Å²) in [7, 11) is 1.32. The highest BCUT2D eigenvalue weighted by atomic mass is 16.5. The molecule has 0 atom stereocenters. The lowest BCUT2D eigenvalue weighted by Crippen LogP contribution is -2.17. The van der Waals surface area contributed by atoms with Gasteiger partial charge in [0.25, 0.3) is 0 Å². The molecule has 1 aromatic rings. The Hall–Kier alpha value is -1.69. The number of rotatable bonds is 7. The van der Waals surface area contributed by atoms with Crippen molar-refractivity contribution in [1.82, 2.24) is 15.3 Å². The minimum Gasteiger partial charge on any atom is -0.464 e. The zero-order chi connectivity index (χ0) is 12.5. The number of nitrogens with one attached hydrogen (secondary N) is 2. The minimum absolute atomic E-state index is 0.214. The first-order valence-electron chi connectivity index (χ1n) is 5.63. The molecule has 0 unspecified atom stereocenters. The highest BCUT2D eigenvalue weighted by Gasteiger charge is 2.06. The van der Waals surface area contributed by atoms with E-state index in [1.165, 1.54) is 19.5 Å². The van der Waals surface area contributed by atoms with Crippen LogP contribution < -0.4 is 10.6 Å². The van der Waals surface area contributed by atoms with Crippen molar-refractivity contribution in [1.29, 1.82) is 0 Å². The van der Waals surface area contributed by atoms with Gasteiger partial charge in [-0.1, -0.05) is 6.92 Å². The maximum atomic E-state index is 11.1. The van der Waals surface area contributed by atoms with E-state index in [-0.39, 0.29) is 5.69 Å². The van der Waals surface area contributed by atoms with Crippen molar-refractivity contribution < 1.29 is 9.53 Å². The van der Waals surface area contributed by atoms with Gasteiger partial charge < -0.3 is 15.4 Å². The Bertz CT molecular complexity index is 340. The second kappa shape index (κ2) is 7.56. The molecule has 0 radical (unpaired) electrons. The van der Waals surface area contributed by atoms with Crippen LogP contribution in [0.1, 0.15) is 23.8 Å².